The van der Waals surface area contributed by atoms with Gasteiger partial charge in [-0.15, -0.1) is 0 Å². The molecule has 0 fully saturated rings. The zero-order valence-corrected chi connectivity index (χ0v) is 13.0. The van der Waals surface area contributed by atoms with Crippen molar-refractivity contribution < 1.29 is 23.2 Å². The van der Waals surface area contributed by atoms with Gasteiger partial charge in [-0.05, 0) is 19.9 Å². The van der Waals surface area contributed by atoms with Gasteiger partial charge in [-0.2, -0.15) is 4.31 Å². The zero-order chi connectivity index (χ0) is 16.5. The van der Waals surface area contributed by atoms with Crippen LogP contribution in [0.2, 0.25) is 5.02 Å². The molecule has 1 rings (SSSR count). The van der Waals surface area contributed by atoms with Crippen molar-refractivity contribution in [3.05, 3.63) is 32.8 Å². The lowest BCUT2D eigenvalue weighted by Gasteiger charge is -2.21. The number of benzene rings is 1. The summed E-state index contributed by atoms with van der Waals surface area (Å²) in [6.45, 7) is 2.57. The summed E-state index contributed by atoms with van der Waals surface area (Å²) in [5, 5.41) is 19.7. The van der Waals surface area contributed by atoms with Gasteiger partial charge in [-0.1, -0.05) is 11.6 Å². The molecule has 0 bridgehead atoms. The molecule has 0 saturated carbocycles. The molecule has 0 amide bonds. The molecule has 1 atom stereocenters. The first-order valence-electron chi connectivity index (χ1n) is 5.65. The Balaban J connectivity index is 3.46. The molecular formula is C11H13ClN2O6S. The van der Waals surface area contributed by atoms with Gasteiger partial charge in [0.2, 0.25) is 10.0 Å². The maximum Gasteiger partial charge on any atom is 0.321 e. The summed E-state index contributed by atoms with van der Waals surface area (Å²) in [6.07, 6.45) is 0. The molecule has 0 heterocycles. The van der Waals surface area contributed by atoms with Crippen molar-refractivity contribution in [1.82, 2.24) is 4.31 Å². The molecule has 1 aromatic carbocycles. The molecule has 0 saturated heterocycles. The van der Waals surface area contributed by atoms with E-state index < -0.39 is 37.5 Å². The number of aliphatic carboxylic acids is 1. The van der Waals surface area contributed by atoms with Gasteiger partial charge < -0.3 is 5.11 Å². The van der Waals surface area contributed by atoms with Crippen LogP contribution in [-0.4, -0.2) is 41.8 Å². The largest absolute Gasteiger partial charge is 0.480 e. The van der Waals surface area contributed by atoms with Gasteiger partial charge >= 0.3 is 5.97 Å². The van der Waals surface area contributed by atoms with E-state index in [1.54, 1.807) is 0 Å². The lowest BCUT2D eigenvalue weighted by Crippen LogP contribution is -2.40. The van der Waals surface area contributed by atoms with Crippen molar-refractivity contribution >= 4 is 33.3 Å². The smallest absolute Gasteiger partial charge is 0.321 e. The van der Waals surface area contributed by atoms with Gasteiger partial charge in [-0.3, -0.25) is 14.9 Å². The van der Waals surface area contributed by atoms with Crippen LogP contribution < -0.4 is 0 Å². The molecule has 116 valence electrons. The number of nitro benzene ring substituents is 1. The number of carbonyl (C=O) groups is 1. The predicted molar refractivity (Wildman–Crippen MR) is 74.9 cm³/mol. The first kappa shape index (κ1) is 17.3. The molecule has 0 aromatic heterocycles. The van der Waals surface area contributed by atoms with Crippen molar-refractivity contribution in [2.24, 2.45) is 0 Å². The topological polar surface area (TPSA) is 118 Å². The predicted octanol–water partition coefficient (Wildman–Crippen LogP) is 1.65. The van der Waals surface area contributed by atoms with E-state index in [2.05, 4.69) is 0 Å². The van der Waals surface area contributed by atoms with Crippen LogP contribution in [0, 0.1) is 17.0 Å². The molecule has 0 aliphatic carbocycles. The fraction of sp³-hybridized carbons (Fsp3) is 0.364. The Bertz CT molecular complexity index is 703. The van der Waals surface area contributed by atoms with E-state index in [-0.39, 0.29) is 10.6 Å². The van der Waals surface area contributed by atoms with E-state index in [9.17, 15) is 23.3 Å². The summed E-state index contributed by atoms with van der Waals surface area (Å²) < 4.78 is 25.2. The van der Waals surface area contributed by atoms with Gasteiger partial charge in [0.05, 0.1) is 14.8 Å². The minimum absolute atomic E-state index is 0.0841. The van der Waals surface area contributed by atoms with Crippen LogP contribution in [0.15, 0.2) is 17.0 Å². The molecule has 0 spiro atoms. The third kappa shape index (κ3) is 3.31. The van der Waals surface area contributed by atoms with Crippen LogP contribution >= 0.6 is 11.6 Å². The van der Waals surface area contributed by atoms with Gasteiger partial charge in [0, 0.05) is 18.7 Å². The molecule has 1 N–H and O–H groups in total. The Hall–Kier alpha value is -1.71. The van der Waals surface area contributed by atoms with E-state index in [0.29, 0.717) is 4.31 Å². The number of carboxylic acid groups (broad SMARTS) is 1. The number of likely N-dealkylation sites (N-methyl/N-ethyl adjacent to an activating group) is 1. The maximum atomic E-state index is 12.3. The van der Waals surface area contributed by atoms with Crippen molar-refractivity contribution in [2.75, 3.05) is 7.05 Å². The van der Waals surface area contributed by atoms with Crippen LogP contribution in [0.25, 0.3) is 0 Å². The second-order valence-electron chi connectivity index (χ2n) is 4.34. The number of nitrogens with zero attached hydrogens (tertiary/aromatic N) is 2. The van der Waals surface area contributed by atoms with Crippen LogP contribution in [0.3, 0.4) is 0 Å². The lowest BCUT2D eigenvalue weighted by molar-refractivity contribution is -0.385. The van der Waals surface area contributed by atoms with Gasteiger partial charge in [0.1, 0.15) is 6.04 Å². The Morgan fingerprint density at radius 2 is 2.00 bits per heavy atom. The Morgan fingerprint density at radius 3 is 2.43 bits per heavy atom. The van der Waals surface area contributed by atoms with Gasteiger partial charge in [0.25, 0.3) is 5.69 Å². The third-order valence-corrected chi connectivity index (χ3v) is 5.37. The highest BCUT2D eigenvalue weighted by Gasteiger charge is 2.31. The van der Waals surface area contributed by atoms with E-state index in [1.807, 2.05) is 0 Å². The average Bonchev–Trinajstić information content (AvgIpc) is 2.39. The summed E-state index contributed by atoms with van der Waals surface area (Å²) in [6, 6.07) is 0.598. The molecule has 0 radical (unpaired) electrons. The minimum atomic E-state index is -4.21. The summed E-state index contributed by atoms with van der Waals surface area (Å²) in [4.78, 5) is 20.6. The number of nitro groups is 1. The van der Waals surface area contributed by atoms with Crippen LogP contribution in [-0.2, 0) is 14.8 Å². The van der Waals surface area contributed by atoms with Crippen molar-refractivity contribution in [3.8, 4) is 0 Å². The van der Waals surface area contributed by atoms with Crippen molar-refractivity contribution in [2.45, 2.75) is 24.8 Å². The number of halogens is 1. The fourth-order valence-corrected chi connectivity index (χ4v) is 3.15. The standard InChI is InChI=1S/C11H13ClN2O6S/c1-6-9(12)4-8(5-10(6)14(17)18)21(19,20)13(3)7(2)11(15)16/h4-5,7H,1-3H3,(H,15,16). The maximum absolute atomic E-state index is 12.3. The van der Waals surface area contributed by atoms with Crippen molar-refractivity contribution in [3.63, 3.8) is 0 Å². The quantitative estimate of drug-likeness (QED) is 0.645. The number of sulfonamides is 1. The molecule has 0 aliphatic heterocycles. The monoisotopic (exact) mass is 336 g/mol. The third-order valence-electron chi connectivity index (χ3n) is 3.07. The average molecular weight is 337 g/mol. The second-order valence-corrected chi connectivity index (χ2v) is 6.75. The summed E-state index contributed by atoms with van der Waals surface area (Å²) in [5.41, 5.74) is -0.313. The van der Waals surface area contributed by atoms with Crippen molar-refractivity contribution in [1.29, 1.82) is 0 Å². The Labute approximate surface area is 126 Å². The Morgan fingerprint density at radius 1 is 1.48 bits per heavy atom. The minimum Gasteiger partial charge on any atom is -0.480 e. The first-order chi connectivity index (χ1) is 9.50. The summed E-state index contributed by atoms with van der Waals surface area (Å²) >= 11 is 5.81. The van der Waals surface area contributed by atoms with Crippen LogP contribution in [0.5, 0.6) is 0 Å². The van der Waals surface area contributed by atoms with E-state index in [4.69, 9.17) is 16.7 Å². The normalized spacial score (nSPS) is 13.2. The molecular weight excluding hydrogens is 324 g/mol. The zero-order valence-electron chi connectivity index (χ0n) is 11.4. The van der Waals surface area contributed by atoms with Crippen LogP contribution in [0.1, 0.15) is 12.5 Å². The molecule has 1 aromatic rings. The van der Waals surface area contributed by atoms with Gasteiger partial charge in [0.15, 0.2) is 0 Å². The first-order valence-corrected chi connectivity index (χ1v) is 7.47. The van der Waals surface area contributed by atoms with E-state index in [1.165, 1.54) is 13.8 Å². The highest BCUT2D eigenvalue weighted by Crippen LogP contribution is 2.31. The second kappa shape index (κ2) is 5.96. The molecule has 0 aliphatic rings. The van der Waals surface area contributed by atoms with E-state index in [0.717, 1.165) is 19.2 Å². The lowest BCUT2D eigenvalue weighted by atomic mass is 10.2. The summed E-state index contributed by atoms with van der Waals surface area (Å²) in [7, 11) is -3.14. The Kier molecular flexibility index (Phi) is 4.92. The number of hydrogen-bond acceptors (Lipinski definition) is 5. The highest BCUT2D eigenvalue weighted by atomic mass is 35.5. The number of hydrogen-bond donors (Lipinski definition) is 1. The van der Waals surface area contributed by atoms with E-state index >= 15 is 0 Å². The molecule has 8 nitrogen and oxygen atoms in total. The molecule has 1 unspecified atom stereocenters. The SMILES string of the molecule is Cc1c(Cl)cc(S(=O)(=O)N(C)C(C)C(=O)O)cc1[N+](=O)[O-]. The molecule has 10 heteroatoms. The fourth-order valence-electron chi connectivity index (χ4n) is 1.51. The van der Waals surface area contributed by atoms with Gasteiger partial charge in [-0.25, -0.2) is 8.42 Å². The number of rotatable bonds is 5. The highest BCUT2D eigenvalue weighted by molar-refractivity contribution is 7.89. The molecule has 21 heavy (non-hydrogen) atoms. The van der Waals surface area contributed by atoms with Crippen LogP contribution in [0.4, 0.5) is 5.69 Å². The number of carboxylic acids is 1. The summed E-state index contributed by atoms with van der Waals surface area (Å²) in [5.74, 6) is -1.34.